The second-order valence-corrected chi connectivity index (χ2v) is 11.0. The van der Waals surface area contributed by atoms with Crippen LogP contribution in [0.5, 0.6) is 0 Å². The third-order valence-corrected chi connectivity index (χ3v) is 8.13. The first-order valence-electron chi connectivity index (χ1n) is 27.2. The zero-order chi connectivity index (χ0) is 54.6. The molecular formula is C47H30N4. The summed E-state index contributed by atoms with van der Waals surface area (Å²) in [5.74, 6) is 0. The minimum absolute atomic E-state index is 0.310. The van der Waals surface area contributed by atoms with Gasteiger partial charge in [0, 0.05) is 61.3 Å². The Morgan fingerprint density at radius 3 is 2.25 bits per heavy atom. The first-order valence-corrected chi connectivity index (χ1v) is 15.2. The lowest BCUT2D eigenvalue weighted by Gasteiger charge is -2.25. The van der Waals surface area contributed by atoms with Crippen LogP contribution in [0.3, 0.4) is 0 Å². The van der Waals surface area contributed by atoms with Crippen LogP contribution >= 0.6 is 0 Å². The normalized spacial score (nSPS) is 18.1. The maximum atomic E-state index is 9.92. The molecule has 238 valence electrons. The van der Waals surface area contributed by atoms with Crippen LogP contribution < -0.4 is 4.90 Å². The minimum Gasteiger partial charge on any atom is -0.311 e. The number of hydrogen-bond acceptors (Lipinski definition) is 4. The largest absolute Gasteiger partial charge is 0.311 e. The van der Waals surface area contributed by atoms with Crippen molar-refractivity contribution in [3.63, 3.8) is 0 Å². The summed E-state index contributed by atoms with van der Waals surface area (Å²) in [4.78, 5) is 14.6. The molecule has 10 aromatic rings. The van der Waals surface area contributed by atoms with Crippen molar-refractivity contribution in [3.05, 3.63) is 182 Å². The molecule has 0 aliphatic rings. The Kier molecular flexibility index (Phi) is 3.21. The van der Waals surface area contributed by atoms with Gasteiger partial charge in [-0.2, -0.15) is 0 Å². The predicted octanol–water partition coefficient (Wildman–Crippen LogP) is 12.4. The van der Waals surface area contributed by atoms with Gasteiger partial charge in [-0.15, -0.1) is 0 Å². The van der Waals surface area contributed by atoms with E-state index < -0.39 is 189 Å². The number of rotatable bonds is 5. The molecule has 0 saturated carbocycles. The monoisotopic (exact) mass is 674 g/mol. The van der Waals surface area contributed by atoms with Gasteiger partial charge in [0.2, 0.25) is 0 Å². The van der Waals surface area contributed by atoms with Crippen LogP contribution in [-0.2, 0) is 0 Å². The SMILES string of the molecule is [2H]c1cc(N(c2ccc(-c3nc4c([2H])c([2H])c([2H])c([2H])c4c4c3c(-c3cc([2H])c5c([2H])c([2H])c6c([2H])c([2H])c([2H])nc6c5n3)c([2H])c3c([2H])c([2H])c([2H])c([2H])c34)c([2H])c2[2H])c2c([2H])ccc([2H])c2[2H])c([2H])c([2H])c1[2H]. The molecule has 4 heteroatoms. The summed E-state index contributed by atoms with van der Waals surface area (Å²) in [6.45, 7) is 0. The van der Waals surface area contributed by atoms with Crippen molar-refractivity contribution in [2.24, 2.45) is 0 Å². The van der Waals surface area contributed by atoms with E-state index >= 15 is 0 Å². The fourth-order valence-corrected chi connectivity index (χ4v) is 5.97. The van der Waals surface area contributed by atoms with Crippen LogP contribution in [0.2, 0.25) is 0 Å². The van der Waals surface area contributed by atoms with Crippen molar-refractivity contribution in [1.82, 2.24) is 15.0 Å². The Hall–Kier alpha value is -6.91. The van der Waals surface area contributed by atoms with Crippen LogP contribution in [0.1, 0.15) is 32.9 Å². The lowest BCUT2D eigenvalue weighted by atomic mass is 9.90. The standard InChI is InChI=1S/C47H30N4/c1-3-14-35(15-4-1)51(36-16-5-2-6-17-36)37-26-23-32(24-27-37)45-44-40(42-28-25-33-22-21-31-13-11-29-48-46(31)47(33)50-42)30-34-12-7-8-18-38(34)43(44)39-19-9-10-20-41(39)49-45/h1-30H/i1D,3D,4D,5D,7D,8D,9D,10D,11D,12D,13D,14D,16D,17D,18D,19D,20D,21D,22D,23D,25D,26D,29D,30D. The highest BCUT2D eigenvalue weighted by Gasteiger charge is 2.20. The summed E-state index contributed by atoms with van der Waals surface area (Å²) in [5.41, 5.74) is -4.10. The number of hydrogen-bond donors (Lipinski definition) is 0. The van der Waals surface area contributed by atoms with Gasteiger partial charge in [0.05, 0.1) is 60.8 Å². The van der Waals surface area contributed by atoms with E-state index in [0.717, 1.165) is 29.2 Å². The van der Waals surface area contributed by atoms with Crippen LogP contribution in [0.25, 0.3) is 76.8 Å². The number of aromatic nitrogens is 3. The fourth-order valence-electron chi connectivity index (χ4n) is 5.97. The van der Waals surface area contributed by atoms with E-state index in [4.69, 9.17) is 34.6 Å². The molecule has 0 bridgehead atoms. The summed E-state index contributed by atoms with van der Waals surface area (Å²) in [6.07, 6.45) is -0.723. The molecule has 0 atom stereocenters. The average molecular weight is 675 g/mol. The molecule has 7 aromatic carbocycles. The molecule has 0 amide bonds. The Labute approximate surface area is 328 Å². The highest BCUT2D eigenvalue weighted by Crippen LogP contribution is 2.44. The van der Waals surface area contributed by atoms with Gasteiger partial charge < -0.3 is 4.90 Å². The van der Waals surface area contributed by atoms with Gasteiger partial charge >= 0.3 is 0 Å². The van der Waals surface area contributed by atoms with Crippen molar-refractivity contribution in [1.29, 1.82) is 0 Å². The van der Waals surface area contributed by atoms with Gasteiger partial charge in [0.25, 0.3) is 0 Å². The van der Waals surface area contributed by atoms with E-state index in [1.165, 1.54) is 12.1 Å². The predicted molar refractivity (Wildman–Crippen MR) is 213 cm³/mol. The van der Waals surface area contributed by atoms with Crippen molar-refractivity contribution in [2.75, 3.05) is 4.90 Å². The van der Waals surface area contributed by atoms with Gasteiger partial charge in [-0.25, -0.2) is 9.97 Å². The first-order chi connectivity index (χ1) is 35.2. The molecule has 0 saturated heterocycles. The van der Waals surface area contributed by atoms with E-state index in [1.807, 2.05) is 0 Å². The molecule has 3 heterocycles. The lowest BCUT2D eigenvalue weighted by Crippen LogP contribution is -2.09. The fraction of sp³-hybridized carbons (Fsp3) is 0. The molecule has 4 nitrogen and oxygen atoms in total. The smallest absolute Gasteiger partial charge is 0.0972 e. The van der Waals surface area contributed by atoms with E-state index in [-0.39, 0.29) is 49.5 Å². The second-order valence-electron chi connectivity index (χ2n) is 11.0. The number of benzene rings is 7. The molecule has 0 spiro atoms. The minimum atomic E-state index is -0.819. The molecular weight excluding hydrogens is 621 g/mol. The summed E-state index contributed by atoms with van der Waals surface area (Å²) in [7, 11) is 0. The first kappa shape index (κ1) is 13.8. The second kappa shape index (κ2) is 11.9. The molecule has 0 N–H and O–H groups in total. The molecule has 0 aliphatic heterocycles. The van der Waals surface area contributed by atoms with Crippen LogP contribution in [0, 0.1) is 0 Å². The Bertz CT molecular complexity index is 4320. The van der Waals surface area contributed by atoms with Gasteiger partial charge in [-0.05, 0) is 71.3 Å². The van der Waals surface area contributed by atoms with Gasteiger partial charge in [-0.1, -0.05) is 115 Å². The summed E-state index contributed by atoms with van der Waals surface area (Å²) in [5, 5.41) is -2.83. The number of fused-ring (bicyclic) bond motifs is 8. The van der Waals surface area contributed by atoms with E-state index in [0.29, 0.717) is 0 Å². The van der Waals surface area contributed by atoms with Gasteiger partial charge in [-0.3, -0.25) is 4.98 Å². The third kappa shape index (κ3) is 4.88. The average Bonchev–Trinajstić information content (AvgIpc) is 3.41. The molecule has 10 rings (SSSR count). The molecule has 0 fully saturated rings. The van der Waals surface area contributed by atoms with Crippen molar-refractivity contribution >= 4 is 71.3 Å². The molecule has 0 radical (unpaired) electrons. The Morgan fingerprint density at radius 1 is 0.490 bits per heavy atom. The quantitative estimate of drug-likeness (QED) is 0.170. The molecule has 51 heavy (non-hydrogen) atoms. The maximum Gasteiger partial charge on any atom is 0.0972 e. The van der Waals surface area contributed by atoms with Gasteiger partial charge in [0.1, 0.15) is 0 Å². The maximum absolute atomic E-state index is 9.92. The van der Waals surface area contributed by atoms with Crippen LogP contribution in [-0.4, -0.2) is 15.0 Å². The number of anilines is 3. The third-order valence-electron chi connectivity index (χ3n) is 8.13. The van der Waals surface area contributed by atoms with E-state index in [9.17, 15) is 8.22 Å². The van der Waals surface area contributed by atoms with Crippen LogP contribution in [0.4, 0.5) is 17.1 Å². The summed E-state index contributed by atoms with van der Waals surface area (Å²) >= 11 is 0. The molecule has 3 aromatic heterocycles. The van der Waals surface area contributed by atoms with E-state index in [2.05, 4.69) is 4.98 Å². The zero-order valence-electron chi connectivity index (χ0n) is 49.8. The van der Waals surface area contributed by atoms with Crippen molar-refractivity contribution in [3.8, 4) is 22.5 Å². The topological polar surface area (TPSA) is 41.9 Å². The summed E-state index contributed by atoms with van der Waals surface area (Å²) in [6, 6.07) is -9.04. The Balaban J connectivity index is 1.44. The van der Waals surface area contributed by atoms with Crippen molar-refractivity contribution in [2.45, 2.75) is 0 Å². The van der Waals surface area contributed by atoms with Crippen molar-refractivity contribution < 1.29 is 32.9 Å². The van der Waals surface area contributed by atoms with Crippen LogP contribution in [0.15, 0.2) is 182 Å². The molecule has 0 unspecified atom stereocenters. The van der Waals surface area contributed by atoms with E-state index in [1.54, 1.807) is 0 Å². The Morgan fingerprint density at radius 2 is 1.29 bits per heavy atom. The lowest BCUT2D eigenvalue weighted by molar-refractivity contribution is 1.28. The zero-order valence-corrected chi connectivity index (χ0v) is 25.8. The highest BCUT2D eigenvalue weighted by molar-refractivity contribution is 6.26. The number of para-hydroxylation sites is 3. The summed E-state index contributed by atoms with van der Waals surface area (Å²) < 4.78 is 213. The number of pyridine rings is 3. The number of nitrogens with zero attached hydrogens (tertiary/aromatic N) is 4. The van der Waals surface area contributed by atoms with Gasteiger partial charge in [0.15, 0.2) is 0 Å². The molecule has 0 aliphatic carbocycles. The highest BCUT2D eigenvalue weighted by atomic mass is 15.1.